The van der Waals surface area contributed by atoms with E-state index in [2.05, 4.69) is 10.5 Å². The zero-order valence-electron chi connectivity index (χ0n) is 20.8. The maximum absolute atomic E-state index is 13.3. The van der Waals surface area contributed by atoms with E-state index in [0.717, 1.165) is 44.8 Å². The Labute approximate surface area is 210 Å². The number of nitrogens with one attached hydrogen (secondary N) is 1. The molecule has 0 saturated heterocycles. The van der Waals surface area contributed by atoms with Crippen LogP contribution in [0.4, 0.5) is 4.79 Å². The second-order valence-electron chi connectivity index (χ2n) is 9.02. The molecule has 2 amide bonds. The van der Waals surface area contributed by atoms with E-state index in [1.54, 1.807) is 12.0 Å². The van der Waals surface area contributed by atoms with Crippen LogP contribution < -0.4 is 10.1 Å². The van der Waals surface area contributed by atoms with E-state index in [1.165, 1.54) is 0 Å². The van der Waals surface area contributed by atoms with Crippen LogP contribution in [-0.2, 0) is 6.54 Å². The molecule has 182 valence electrons. The van der Waals surface area contributed by atoms with Crippen LogP contribution in [-0.4, -0.2) is 28.2 Å². The highest BCUT2D eigenvalue weighted by Gasteiger charge is 2.35. The number of carbonyl (C=O) groups excluding carboxylic acids is 1. The monoisotopic (exact) mass is 480 g/mol. The van der Waals surface area contributed by atoms with Gasteiger partial charge in [0.15, 0.2) is 0 Å². The van der Waals surface area contributed by atoms with Crippen LogP contribution in [0, 0.1) is 13.8 Å². The lowest BCUT2D eigenvalue weighted by molar-refractivity contribution is 0.203. The molecule has 0 bridgehead atoms. The fourth-order valence-corrected chi connectivity index (χ4v) is 4.41. The standard InChI is InChI=1S/C29H28N4O3/c1-18-8-12-22(13-9-18)26-25(28-31-27(32-36-28)23-7-5-6-19(2)16-23)20(3)33(29(34)30-26)17-21-10-14-24(35-4)15-11-21/h5-16,26H,17H2,1-4H3,(H,30,34). The minimum absolute atomic E-state index is 0.184. The first kappa shape index (κ1) is 23.4. The first-order chi connectivity index (χ1) is 17.4. The van der Waals surface area contributed by atoms with Crippen LogP contribution >= 0.6 is 0 Å². The Morgan fingerprint density at radius 3 is 2.42 bits per heavy atom. The number of nitrogens with zero attached hydrogens (tertiary/aromatic N) is 3. The van der Waals surface area contributed by atoms with Crippen molar-refractivity contribution in [1.82, 2.24) is 20.4 Å². The molecule has 1 unspecified atom stereocenters. The summed E-state index contributed by atoms with van der Waals surface area (Å²) in [4.78, 5) is 19.8. The van der Waals surface area contributed by atoms with Crippen molar-refractivity contribution in [2.75, 3.05) is 7.11 Å². The van der Waals surface area contributed by atoms with E-state index in [1.807, 2.05) is 93.6 Å². The van der Waals surface area contributed by atoms with E-state index >= 15 is 0 Å². The quantitative estimate of drug-likeness (QED) is 0.363. The van der Waals surface area contributed by atoms with E-state index in [-0.39, 0.29) is 6.03 Å². The highest BCUT2D eigenvalue weighted by atomic mass is 16.5. The van der Waals surface area contributed by atoms with Gasteiger partial charge in [0.25, 0.3) is 5.89 Å². The van der Waals surface area contributed by atoms with Gasteiger partial charge in [-0.25, -0.2) is 4.79 Å². The van der Waals surface area contributed by atoms with Gasteiger partial charge in [0, 0.05) is 11.3 Å². The summed E-state index contributed by atoms with van der Waals surface area (Å²) in [6.07, 6.45) is 0. The molecule has 7 nitrogen and oxygen atoms in total. The topological polar surface area (TPSA) is 80.5 Å². The molecule has 4 aromatic rings. The van der Waals surface area contributed by atoms with Crippen molar-refractivity contribution < 1.29 is 14.1 Å². The van der Waals surface area contributed by atoms with E-state index in [0.29, 0.717) is 18.3 Å². The Morgan fingerprint density at radius 1 is 0.972 bits per heavy atom. The number of aryl methyl sites for hydroxylation is 2. The van der Waals surface area contributed by atoms with Crippen LogP contribution in [0.5, 0.6) is 5.75 Å². The molecule has 1 aliphatic rings. The van der Waals surface area contributed by atoms with Gasteiger partial charge in [-0.3, -0.25) is 4.90 Å². The summed E-state index contributed by atoms with van der Waals surface area (Å²) in [5.74, 6) is 1.66. The molecule has 1 N–H and O–H groups in total. The number of ether oxygens (including phenoxy) is 1. The molecule has 1 atom stereocenters. The molecule has 2 heterocycles. The van der Waals surface area contributed by atoms with Gasteiger partial charge in [0.2, 0.25) is 5.82 Å². The van der Waals surface area contributed by atoms with Crippen molar-refractivity contribution in [1.29, 1.82) is 0 Å². The second kappa shape index (κ2) is 9.70. The van der Waals surface area contributed by atoms with Gasteiger partial charge >= 0.3 is 6.03 Å². The molecule has 1 aromatic heterocycles. The van der Waals surface area contributed by atoms with Gasteiger partial charge in [-0.15, -0.1) is 0 Å². The molecule has 5 rings (SSSR count). The molecule has 0 spiro atoms. The van der Waals surface area contributed by atoms with Crippen molar-refractivity contribution >= 4 is 11.6 Å². The average Bonchev–Trinajstić information content (AvgIpc) is 3.37. The largest absolute Gasteiger partial charge is 0.497 e. The molecular formula is C29H28N4O3. The van der Waals surface area contributed by atoms with Gasteiger partial charge in [-0.1, -0.05) is 70.9 Å². The molecule has 0 radical (unpaired) electrons. The number of aromatic nitrogens is 2. The summed E-state index contributed by atoms with van der Waals surface area (Å²) < 4.78 is 11.1. The number of hydrogen-bond donors (Lipinski definition) is 1. The summed E-state index contributed by atoms with van der Waals surface area (Å²) in [6, 6.07) is 23.1. The predicted molar refractivity (Wildman–Crippen MR) is 138 cm³/mol. The third-order valence-corrected chi connectivity index (χ3v) is 6.44. The van der Waals surface area contributed by atoms with Gasteiger partial charge in [-0.05, 0) is 50.1 Å². The Hall–Kier alpha value is -4.39. The van der Waals surface area contributed by atoms with E-state index in [9.17, 15) is 4.79 Å². The molecular weight excluding hydrogens is 452 g/mol. The summed E-state index contributed by atoms with van der Waals surface area (Å²) in [6.45, 7) is 6.38. The van der Waals surface area contributed by atoms with Crippen LogP contribution in [0.3, 0.4) is 0 Å². The minimum atomic E-state index is -0.420. The number of hydrogen-bond acceptors (Lipinski definition) is 5. The zero-order chi connectivity index (χ0) is 25.2. The summed E-state index contributed by atoms with van der Waals surface area (Å²) in [5, 5.41) is 7.42. The maximum atomic E-state index is 13.3. The first-order valence-electron chi connectivity index (χ1n) is 11.8. The van der Waals surface area contributed by atoms with Gasteiger partial charge < -0.3 is 14.6 Å². The number of benzene rings is 3. The number of methoxy groups -OCH3 is 1. The Morgan fingerprint density at radius 2 is 1.72 bits per heavy atom. The predicted octanol–water partition coefficient (Wildman–Crippen LogP) is 6.06. The molecule has 0 aliphatic carbocycles. The van der Waals surface area contributed by atoms with Crippen molar-refractivity contribution in [2.45, 2.75) is 33.4 Å². The average molecular weight is 481 g/mol. The summed E-state index contributed by atoms with van der Waals surface area (Å²) in [7, 11) is 1.63. The molecule has 7 heteroatoms. The van der Waals surface area contributed by atoms with Crippen LogP contribution in [0.1, 0.15) is 41.1 Å². The lowest BCUT2D eigenvalue weighted by Crippen LogP contribution is -2.45. The lowest BCUT2D eigenvalue weighted by atomic mass is 9.94. The van der Waals surface area contributed by atoms with E-state index < -0.39 is 6.04 Å². The third kappa shape index (κ3) is 4.60. The van der Waals surface area contributed by atoms with Crippen molar-refractivity contribution in [2.24, 2.45) is 0 Å². The number of amides is 2. The normalized spacial score (nSPS) is 15.7. The number of rotatable bonds is 6. The van der Waals surface area contributed by atoms with Crippen LogP contribution in [0.25, 0.3) is 17.0 Å². The minimum Gasteiger partial charge on any atom is -0.497 e. The van der Waals surface area contributed by atoms with E-state index in [4.69, 9.17) is 14.2 Å². The molecule has 1 aliphatic heterocycles. The highest BCUT2D eigenvalue weighted by molar-refractivity contribution is 5.86. The Balaban J connectivity index is 1.57. The number of urea groups is 1. The van der Waals surface area contributed by atoms with Gasteiger partial charge in [0.05, 0.1) is 25.3 Å². The van der Waals surface area contributed by atoms with Crippen LogP contribution in [0.2, 0.25) is 0 Å². The second-order valence-corrected chi connectivity index (χ2v) is 9.02. The molecule has 36 heavy (non-hydrogen) atoms. The third-order valence-electron chi connectivity index (χ3n) is 6.44. The smallest absolute Gasteiger partial charge is 0.322 e. The van der Waals surface area contributed by atoms with Crippen molar-refractivity contribution in [3.8, 4) is 17.1 Å². The number of carbonyl (C=O) groups is 1. The maximum Gasteiger partial charge on any atom is 0.322 e. The summed E-state index contributed by atoms with van der Waals surface area (Å²) in [5.41, 5.74) is 6.60. The van der Waals surface area contributed by atoms with Crippen LogP contribution in [0.15, 0.2) is 83.0 Å². The molecule has 3 aromatic carbocycles. The van der Waals surface area contributed by atoms with Crippen molar-refractivity contribution in [3.05, 3.63) is 107 Å². The molecule has 0 fully saturated rings. The lowest BCUT2D eigenvalue weighted by Gasteiger charge is -2.35. The Bertz CT molecular complexity index is 1420. The number of allylic oxidation sites excluding steroid dienone is 1. The van der Waals surface area contributed by atoms with Gasteiger partial charge in [-0.2, -0.15) is 4.98 Å². The fourth-order valence-electron chi connectivity index (χ4n) is 4.41. The van der Waals surface area contributed by atoms with Crippen molar-refractivity contribution in [3.63, 3.8) is 0 Å². The first-order valence-corrected chi connectivity index (χ1v) is 11.8. The van der Waals surface area contributed by atoms with Gasteiger partial charge in [0.1, 0.15) is 5.75 Å². The zero-order valence-corrected chi connectivity index (χ0v) is 20.8. The molecule has 0 saturated carbocycles. The Kier molecular flexibility index (Phi) is 6.29. The fraction of sp³-hybridized carbons (Fsp3) is 0.207. The summed E-state index contributed by atoms with van der Waals surface area (Å²) >= 11 is 0. The SMILES string of the molecule is COc1ccc(CN2C(=O)NC(c3ccc(C)cc3)C(c3nc(-c4cccc(C)c4)no3)=C2C)cc1. The highest BCUT2D eigenvalue weighted by Crippen LogP contribution is 2.38.